The number of thiophene rings is 1. The van der Waals surface area contributed by atoms with Gasteiger partial charge in [0.15, 0.2) is 0 Å². The number of likely N-dealkylation sites (N-methyl/N-ethyl adjacent to an activating group) is 1. The minimum absolute atomic E-state index is 0.166. The fourth-order valence-corrected chi connectivity index (χ4v) is 4.51. The summed E-state index contributed by atoms with van der Waals surface area (Å²) >= 11 is 3.63. The number of hydrogen-bond acceptors (Lipinski definition) is 4. The molecule has 1 amide bonds. The van der Waals surface area contributed by atoms with Gasteiger partial charge in [-0.1, -0.05) is 0 Å². The molecule has 5 heteroatoms. The highest BCUT2D eigenvalue weighted by Crippen LogP contribution is 2.40. The summed E-state index contributed by atoms with van der Waals surface area (Å²) in [5.41, 5.74) is 2.27. The molecule has 21 heavy (non-hydrogen) atoms. The molecule has 1 unspecified atom stereocenters. The van der Waals surface area contributed by atoms with E-state index in [1.54, 1.807) is 16.7 Å². The van der Waals surface area contributed by atoms with E-state index in [-0.39, 0.29) is 11.6 Å². The number of ether oxygens (including phenoxy) is 1. The van der Waals surface area contributed by atoms with Gasteiger partial charge in [0, 0.05) is 12.6 Å². The average molecular weight is 328 g/mol. The SMILES string of the molecule is CSc1scc2c1CC(C)(N(C)C(=O)OC(C)(C)C)CC2. The predicted octanol–water partition coefficient (Wildman–Crippen LogP) is 4.58. The van der Waals surface area contributed by atoms with Crippen LogP contribution in [0.15, 0.2) is 9.59 Å². The van der Waals surface area contributed by atoms with Crippen LogP contribution in [0.4, 0.5) is 4.79 Å². The second kappa shape index (κ2) is 5.84. The van der Waals surface area contributed by atoms with Crippen LogP contribution in [0.5, 0.6) is 0 Å². The van der Waals surface area contributed by atoms with E-state index < -0.39 is 5.60 Å². The van der Waals surface area contributed by atoms with E-state index in [0.29, 0.717) is 0 Å². The Bertz CT molecular complexity index is 519. The highest BCUT2D eigenvalue weighted by Gasteiger charge is 2.39. The molecule has 0 saturated carbocycles. The van der Waals surface area contributed by atoms with Crippen LogP contribution in [0.25, 0.3) is 0 Å². The molecular formula is C16H25NO2S2. The van der Waals surface area contributed by atoms with E-state index in [1.165, 1.54) is 15.3 Å². The van der Waals surface area contributed by atoms with E-state index in [4.69, 9.17) is 4.74 Å². The standard InChI is InChI=1S/C16H25NO2S2/c1-15(2,3)19-14(18)17(5)16(4)8-7-11-10-21-13(20-6)12(11)9-16/h10H,7-9H2,1-6H3. The van der Waals surface area contributed by atoms with E-state index in [2.05, 4.69) is 18.6 Å². The monoisotopic (exact) mass is 327 g/mol. The number of carbonyl (C=O) groups excluding carboxylic acids is 1. The Labute approximate surface area is 136 Å². The van der Waals surface area contributed by atoms with Gasteiger partial charge in [-0.3, -0.25) is 0 Å². The number of thioether (sulfide) groups is 1. The average Bonchev–Trinajstić information content (AvgIpc) is 2.77. The van der Waals surface area contributed by atoms with Crippen molar-refractivity contribution in [2.45, 2.75) is 62.3 Å². The Morgan fingerprint density at radius 1 is 1.48 bits per heavy atom. The topological polar surface area (TPSA) is 29.5 Å². The van der Waals surface area contributed by atoms with Crippen molar-refractivity contribution in [1.82, 2.24) is 4.90 Å². The molecular weight excluding hydrogens is 302 g/mol. The largest absolute Gasteiger partial charge is 0.444 e. The van der Waals surface area contributed by atoms with E-state index in [0.717, 1.165) is 19.3 Å². The third kappa shape index (κ3) is 3.57. The molecule has 3 nitrogen and oxygen atoms in total. The van der Waals surface area contributed by atoms with Crippen LogP contribution >= 0.6 is 23.1 Å². The fraction of sp³-hybridized carbons (Fsp3) is 0.688. The molecule has 2 rings (SSSR count). The van der Waals surface area contributed by atoms with Crippen LogP contribution in [0.3, 0.4) is 0 Å². The summed E-state index contributed by atoms with van der Waals surface area (Å²) in [6.07, 6.45) is 4.83. The van der Waals surface area contributed by atoms with Crippen molar-refractivity contribution in [2.24, 2.45) is 0 Å². The highest BCUT2D eigenvalue weighted by molar-refractivity contribution is 8.00. The first-order chi connectivity index (χ1) is 9.66. The third-order valence-electron chi connectivity index (χ3n) is 4.10. The summed E-state index contributed by atoms with van der Waals surface area (Å²) in [5, 5.41) is 2.27. The van der Waals surface area contributed by atoms with Crippen LogP contribution in [0.1, 0.15) is 45.2 Å². The van der Waals surface area contributed by atoms with Crippen LogP contribution in [-0.2, 0) is 17.6 Å². The zero-order valence-corrected chi connectivity index (χ0v) is 15.4. The Morgan fingerprint density at radius 3 is 2.71 bits per heavy atom. The molecule has 1 atom stereocenters. The van der Waals surface area contributed by atoms with Gasteiger partial charge in [0.1, 0.15) is 5.60 Å². The molecule has 0 N–H and O–H groups in total. The second-order valence-electron chi connectivity index (χ2n) is 6.94. The molecule has 0 fully saturated rings. The van der Waals surface area contributed by atoms with Crippen molar-refractivity contribution < 1.29 is 9.53 Å². The first-order valence-electron chi connectivity index (χ1n) is 7.26. The van der Waals surface area contributed by atoms with E-state index >= 15 is 0 Å². The quantitative estimate of drug-likeness (QED) is 0.744. The maximum absolute atomic E-state index is 12.4. The van der Waals surface area contributed by atoms with E-state index in [9.17, 15) is 4.79 Å². The van der Waals surface area contributed by atoms with Crippen molar-refractivity contribution in [3.63, 3.8) is 0 Å². The Kier molecular flexibility index (Phi) is 4.64. The number of hydrogen-bond donors (Lipinski definition) is 0. The summed E-state index contributed by atoms with van der Waals surface area (Å²) in [7, 11) is 1.87. The molecule has 1 aliphatic rings. The number of aryl methyl sites for hydroxylation is 1. The van der Waals surface area contributed by atoms with Gasteiger partial charge in [0.25, 0.3) is 0 Å². The van der Waals surface area contributed by atoms with Crippen LogP contribution in [-0.4, -0.2) is 35.4 Å². The number of fused-ring (bicyclic) bond motifs is 1. The molecule has 0 bridgehead atoms. The maximum Gasteiger partial charge on any atom is 0.410 e. The van der Waals surface area contributed by atoms with Gasteiger partial charge in [-0.2, -0.15) is 0 Å². The zero-order chi connectivity index (χ0) is 15.8. The number of nitrogens with zero attached hydrogens (tertiary/aromatic N) is 1. The molecule has 0 aromatic carbocycles. The lowest BCUT2D eigenvalue weighted by atomic mass is 9.80. The molecule has 1 aromatic rings. The number of amides is 1. The second-order valence-corrected chi connectivity index (χ2v) is 8.90. The van der Waals surface area contributed by atoms with Gasteiger partial charge in [0.05, 0.1) is 4.21 Å². The summed E-state index contributed by atoms with van der Waals surface area (Å²) in [5.74, 6) is 0. The number of carbonyl (C=O) groups is 1. The van der Waals surface area contributed by atoms with Gasteiger partial charge >= 0.3 is 6.09 Å². The normalized spacial score (nSPS) is 21.8. The van der Waals surface area contributed by atoms with Gasteiger partial charge in [-0.15, -0.1) is 23.1 Å². The molecule has 0 aliphatic heterocycles. The Morgan fingerprint density at radius 2 is 2.14 bits per heavy atom. The van der Waals surface area contributed by atoms with Gasteiger partial charge < -0.3 is 9.64 Å². The van der Waals surface area contributed by atoms with Crippen molar-refractivity contribution in [2.75, 3.05) is 13.3 Å². The summed E-state index contributed by atoms with van der Waals surface area (Å²) in [6.45, 7) is 7.89. The van der Waals surface area contributed by atoms with Crippen molar-refractivity contribution in [3.05, 3.63) is 16.5 Å². The molecule has 0 spiro atoms. The number of rotatable bonds is 2. The molecule has 118 valence electrons. The lowest BCUT2D eigenvalue weighted by Gasteiger charge is -2.42. The Balaban J connectivity index is 2.18. The Hall–Kier alpha value is -0.680. The lowest BCUT2D eigenvalue weighted by Crippen LogP contribution is -2.52. The van der Waals surface area contributed by atoms with Gasteiger partial charge in [-0.05, 0) is 69.7 Å². The molecule has 1 heterocycles. The van der Waals surface area contributed by atoms with Crippen molar-refractivity contribution in [1.29, 1.82) is 0 Å². The molecule has 1 aromatic heterocycles. The maximum atomic E-state index is 12.4. The van der Waals surface area contributed by atoms with Crippen molar-refractivity contribution in [3.8, 4) is 0 Å². The summed E-state index contributed by atoms with van der Waals surface area (Å²) in [4.78, 5) is 14.2. The predicted molar refractivity (Wildman–Crippen MR) is 90.5 cm³/mol. The third-order valence-corrected chi connectivity index (χ3v) is 6.36. The smallest absolute Gasteiger partial charge is 0.410 e. The minimum Gasteiger partial charge on any atom is -0.444 e. The zero-order valence-electron chi connectivity index (χ0n) is 13.8. The van der Waals surface area contributed by atoms with Crippen LogP contribution < -0.4 is 0 Å². The van der Waals surface area contributed by atoms with Gasteiger partial charge in [-0.25, -0.2) is 4.79 Å². The summed E-state index contributed by atoms with van der Waals surface area (Å²) < 4.78 is 6.91. The van der Waals surface area contributed by atoms with Gasteiger partial charge in [0.2, 0.25) is 0 Å². The lowest BCUT2D eigenvalue weighted by molar-refractivity contribution is 0.00545. The van der Waals surface area contributed by atoms with Crippen LogP contribution in [0, 0.1) is 0 Å². The van der Waals surface area contributed by atoms with E-state index in [1.807, 2.05) is 39.2 Å². The first kappa shape index (κ1) is 16.7. The summed E-state index contributed by atoms with van der Waals surface area (Å²) in [6, 6.07) is 0. The molecule has 0 radical (unpaired) electrons. The molecule has 1 aliphatic carbocycles. The molecule has 0 saturated heterocycles. The first-order valence-corrected chi connectivity index (χ1v) is 9.37. The fourth-order valence-electron chi connectivity index (χ4n) is 2.68. The highest BCUT2D eigenvalue weighted by atomic mass is 32.2. The van der Waals surface area contributed by atoms with Crippen molar-refractivity contribution >= 4 is 29.2 Å². The minimum atomic E-state index is -0.450. The van der Waals surface area contributed by atoms with Crippen LogP contribution in [0.2, 0.25) is 0 Å².